The molecule has 21 heavy (non-hydrogen) atoms. The highest BCUT2D eigenvalue weighted by molar-refractivity contribution is 6.63. The maximum atomic E-state index is 11.9. The lowest BCUT2D eigenvalue weighted by atomic mass is 10.2. The average Bonchev–Trinajstić information content (AvgIpc) is 2.43. The van der Waals surface area contributed by atoms with Crippen LogP contribution in [0.3, 0.4) is 0 Å². The fourth-order valence-corrected chi connectivity index (χ4v) is 2.12. The third-order valence-corrected chi connectivity index (χ3v) is 3.01. The van der Waals surface area contributed by atoms with E-state index in [4.69, 9.17) is 16.3 Å². The largest absolute Gasteiger partial charge is 0.492 e. The van der Waals surface area contributed by atoms with Gasteiger partial charge in [0.25, 0.3) is 0 Å². The van der Waals surface area contributed by atoms with Gasteiger partial charge in [-0.25, -0.2) is 4.68 Å². The van der Waals surface area contributed by atoms with Gasteiger partial charge in [-0.3, -0.25) is 9.59 Å². The molecule has 1 heterocycles. The van der Waals surface area contributed by atoms with Gasteiger partial charge in [-0.15, -0.1) is 0 Å². The van der Waals surface area contributed by atoms with Crippen LogP contribution in [0.4, 0.5) is 0 Å². The molecule has 0 saturated carbocycles. The van der Waals surface area contributed by atoms with Crippen molar-refractivity contribution in [1.29, 1.82) is 0 Å². The Hall–Kier alpha value is -2.14. The van der Waals surface area contributed by atoms with Gasteiger partial charge < -0.3 is 4.74 Å². The van der Waals surface area contributed by atoms with Crippen molar-refractivity contribution in [2.24, 2.45) is 0 Å². The molecule has 0 aliphatic rings. The van der Waals surface area contributed by atoms with Gasteiger partial charge in [-0.2, -0.15) is 5.10 Å². The number of para-hydroxylation sites is 2. The molecular weight excluding hydrogens is 292 g/mol. The van der Waals surface area contributed by atoms with Crippen molar-refractivity contribution in [3.8, 4) is 11.4 Å². The van der Waals surface area contributed by atoms with Crippen molar-refractivity contribution < 1.29 is 9.53 Å². The van der Waals surface area contributed by atoms with Crippen molar-refractivity contribution in [3.05, 3.63) is 51.9 Å². The molecule has 0 fully saturated rings. The molecule has 0 radical (unpaired) electrons. The molecule has 0 spiro atoms. The van der Waals surface area contributed by atoms with Crippen molar-refractivity contribution in [2.45, 2.75) is 20.3 Å². The summed E-state index contributed by atoms with van der Waals surface area (Å²) in [6.45, 7) is 4.17. The summed E-state index contributed by atoms with van der Waals surface area (Å²) in [5, 5.41) is 3.63. The van der Waals surface area contributed by atoms with E-state index < -0.39 is 5.24 Å². The van der Waals surface area contributed by atoms with Crippen molar-refractivity contribution in [1.82, 2.24) is 9.78 Å². The summed E-state index contributed by atoms with van der Waals surface area (Å²) < 4.78 is 7.15. The van der Waals surface area contributed by atoms with Crippen LogP contribution in [0.15, 0.2) is 35.1 Å². The van der Waals surface area contributed by atoms with E-state index in [0.717, 1.165) is 0 Å². The molecule has 0 atom stereocenters. The summed E-state index contributed by atoms with van der Waals surface area (Å²) in [5.41, 5.74) is 1.18. The third-order valence-electron chi connectivity index (χ3n) is 2.88. The molecule has 0 aliphatic carbocycles. The lowest BCUT2D eigenvalue weighted by Gasteiger charge is -2.14. The molecule has 0 bridgehead atoms. The Bertz CT molecular complexity index is 725. The van der Waals surface area contributed by atoms with Crippen LogP contribution in [0, 0.1) is 6.92 Å². The third kappa shape index (κ3) is 3.49. The average molecular weight is 307 g/mol. The summed E-state index contributed by atoms with van der Waals surface area (Å²) in [6, 6.07) is 8.80. The van der Waals surface area contributed by atoms with Crippen LogP contribution in [0.25, 0.3) is 5.69 Å². The quantitative estimate of drug-likeness (QED) is 0.795. The number of carbonyl (C=O) groups excluding carboxylic acids is 1. The lowest BCUT2D eigenvalue weighted by Crippen LogP contribution is -2.20. The zero-order chi connectivity index (χ0) is 15.4. The Balaban J connectivity index is 2.58. The van der Waals surface area contributed by atoms with E-state index in [2.05, 4.69) is 5.10 Å². The predicted molar refractivity (Wildman–Crippen MR) is 80.3 cm³/mol. The molecule has 0 saturated heterocycles. The molecule has 0 amide bonds. The van der Waals surface area contributed by atoms with Gasteiger partial charge in [0.2, 0.25) is 10.7 Å². The number of nitrogens with zero attached hydrogens (tertiary/aromatic N) is 2. The van der Waals surface area contributed by atoms with Gasteiger partial charge in [0.15, 0.2) is 0 Å². The highest BCUT2D eigenvalue weighted by Crippen LogP contribution is 2.22. The Morgan fingerprint density at radius 1 is 1.38 bits per heavy atom. The molecule has 0 unspecified atom stereocenters. The molecule has 5 nitrogen and oxygen atoms in total. The van der Waals surface area contributed by atoms with E-state index in [1.54, 1.807) is 11.6 Å². The number of aromatic nitrogens is 2. The number of carbonyl (C=O) groups is 1. The van der Waals surface area contributed by atoms with E-state index in [9.17, 15) is 9.59 Å². The molecule has 1 aromatic carbocycles. The van der Waals surface area contributed by atoms with Crippen molar-refractivity contribution in [3.63, 3.8) is 0 Å². The van der Waals surface area contributed by atoms with Gasteiger partial charge in [0.05, 0.1) is 13.0 Å². The Kier molecular flexibility index (Phi) is 4.75. The van der Waals surface area contributed by atoms with E-state index in [-0.39, 0.29) is 17.5 Å². The van der Waals surface area contributed by atoms with Crippen LogP contribution in [0.2, 0.25) is 0 Å². The molecule has 0 aliphatic heterocycles. The Labute approximate surface area is 127 Å². The summed E-state index contributed by atoms with van der Waals surface area (Å²) >= 11 is 5.35. The van der Waals surface area contributed by atoms with Crippen molar-refractivity contribution in [2.75, 3.05) is 6.61 Å². The normalized spacial score (nSPS) is 10.4. The number of aryl methyl sites for hydroxylation is 1. The molecule has 110 valence electrons. The highest BCUT2D eigenvalue weighted by Gasteiger charge is 2.13. The van der Waals surface area contributed by atoms with Crippen LogP contribution in [-0.2, 0) is 11.2 Å². The van der Waals surface area contributed by atoms with Crippen LogP contribution in [0.1, 0.15) is 18.3 Å². The predicted octanol–water partition coefficient (Wildman–Crippen LogP) is 2.25. The summed E-state index contributed by atoms with van der Waals surface area (Å²) in [4.78, 5) is 22.9. The first kappa shape index (κ1) is 15.3. The van der Waals surface area contributed by atoms with Gasteiger partial charge in [0, 0.05) is 11.8 Å². The number of halogens is 1. The van der Waals surface area contributed by atoms with E-state index in [1.165, 1.54) is 6.07 Å². The van der Waals surface area contributed by atoms with Crippen LogP contribution in [-0.4, -0.2) is 21.6 Å². The maximum absolute atomic E-state index is 11.9. The minimum absolute atomic E-state index is 0.118. The van der Waals surface area contributed by atoms with E-state index >= 15 is 0 Å². The number of rotatable bonds is 5. The van der Waals surface area contributed by atoms with E-state index in [1.807, 2.05) is 31.2 Å². The van der Waals surface area contributed by atoms with Crippen LogP contribution in [0.5, 0.6) is 5.75 Å². The van der Waals surface area contributed by atoms with Crippen molar-refractivity contribution >= 4 is 16.8 Å². The first-order valence-electron chi connectivity index (χ1n) is 6.53. The zero-order valence-electron chi connectivity index (χ0n) is 11.8. The maximum Gasteiger partial charge on any atom is 0.227 e. The SMILES string of the molecule is CCOc1ccccc1-n1nc(CC(=O)Cl)c(=O)cc1C. The van der Waals surface area contributed by atoms with Gasteiger partial charge in [-0.1, -0.05) is 12.1 Å². The van der Waals surface area contributed by atoms with Gasteiger partial charge in [-0.05, 0) is 37.6 Å². The number of ether oxygens (including phenoxy) is 1. The number of benzene rings is 1. The minimum atomic E-state index is -0.618. The first-order valence-corrected chi connectivity index (χ1v) is 6.91. The standard InChI is InChI=1S/C15H15ClN2O3/c1-3-21-14-7-5-4-6-12(14)18-10(2)8-13(19)11(17-18)9-15(16)20/h4-8H,3,9H2,1-2H3. The van der Waals surface area contributed by atoms with Gasteiger partial charge in [0.1, 0.15) is 17.1 Å². The summed E-state index contributed by atoms with van der Waals surface area (Å²) in [6.07, 6.45) is -0.197. The second-order valence-electron chi connectivity index (χ2n) is 4.44. The van der Waals surface area contributed by atoms with Gasteiger partial charge >= 0.3 is 0 Å². The fourth-order valence-electron chi connectivity index (χ4n) is 1.99. The zero-order valence-corrected chi connectivity index (χ0v) is 12.6. The summed E-state index contributed by atoms with van der Waals surface area (Å²) in [5.74, 6) is 0.655. The smallest absolute Gasteiger partial charge is 0.227 e. The monoisotopic (exact) mass is 306 g/mol. The second-order valence-corrected chi connectivity index (χ2v) is 4.86. The Morgan fingerprint density at radius 3 is 2.76 bits per heavy atom. The van der Waals surface area contributed by atoms with Crippen LogP contribution >= 0.6 is 11.6 Å². The molecule has 0 N–H and O–H groups in total. The van der Waals surface area contributed by atoms with Crippen LogP contribution < -0.4 is 10.2 Å². The summed E-state index contributed by atoms with van der Waals surface area (Å²) in [7, 11) is 0. The fraction of sp³-hybridized carbons (Fsp3) is 0.267. The highest BCUT2D eigenvalue weighted by atomic mass is 35.5. The Morgan fingerprint density at radius 2 is 2.10 bits per heavy atom. The molecule has 1 aromatic heterocycles. The molecule has 2 rings (SSSR count). The molecular formula is C15H15ClN2O3. The number of hydrogen-bond donors (Lipinski definition) is 0. The molecule has 6 heteroatoms. The van der Waals surface area contributed by atoms with E-state index in [0.29, 0.717) is 23.7 Å². The second kappa shape index (κ2) is 6.54. The lowest BCUT2D eigenvalue weighted by molar-refractivity contribution is -0.111. The topological polar surface area (TPSA) is 61.2 Å². The minimum Gasteiger partial charge on any atom is -0.492 e. The molecule has 2 aromatic rings. The number of hydrogen-bond acceptors (Lipinski definition) is 4. The first-order chi connectivity index (χ1) is 10.0.